The van der Waals surface area contributed by atoms with Gasteiger partial charge in [0.15, 0.2) is 5.82 Å². The molecular weight excluding hydrogens is 435 g/mol. The molecule has 0 spiro atoms. The van der Waals surface area contributed by atoms with Gasteiger partial charge in [0.05, 0.1) is 18.4 Å². The number of hydrogen-bond acceptors (Lipinski definition) is 4. The fraction of sp³-hybridized carbons (Fsp3) is 0.391. The maximum absolute atomic E-state index is 14.1. The molecular formula is C23H26ClFN4OS. The topological polar surface area (TPSA) is 35.2 Å². The Hall–Kier alpha value is -2.22. The lowest BCUT2D eigenvalue weighted by Gasteiger charge is -2.15. The Kier molecular flexibility index (Phi) is 6.74. The van der Waals surface area contributed by atoms with Crippen molar-refractivity contribution in [3.05, 3.63) is 58.1 Å². The third kappa shape index (κ3) is 5.17. The van der Waals surface area contributed by atoms with E-state index in [2.05, 4.69) is 11.9 Å². The lowest BCUT2D eigenvalue weighted by atomic mass is 10.1. The average Bonchev–Trinajstić information content (AvgIpc) is 3.51. The molecule has 5 nitrogen and oxygen atoms in total. The number of aromatic nitrogens is 3. The standard InChI is InChI=1S/C23H26ClFN4OS/c1-27(15-16-4-5-16)12-3-13-28-23(31)29(19-9-6-17(24)7-10-19)22(26-28)20-14-18(25)8-11-21(20)30-2/h6-11,14,16H,3-5,12-13,15H2,1-2H3. The van der Waals surface area contributed by atoms with Crippen LogP contribution in [-0.2, 0) is 6.54 Å². The van der Waals surface area contributed by atoms with Gasteiger partial charge >= 0.3 is 0 Å². The van der Waals surface area contributed by atoms with Gasteiger partial charge in [-0.3, -0.25) is 4.57 Å². The van der Waals surface area contributed by atoms with Crippen molar-refractivity contribution in [2.24, 2.45) is 5.92 Å². The number of ether oxygens (including phenoxy) is 1. The number of nitrogens with zero attached hydrogens (tertiary/aromatic N) is 4. The molecule has 0 atom stereocenters. The first-order valence-electron chi connectivity index (χ1n) is 10.4. The van der Waals surface area contributed by atoms with Crippen LogP contribution in [0.1, 0.15) is 19.3 Å². The summed E-state index contributed by atoms with van der Waals surface area (Å²) >= 11 is 11.9. The van der Waals surface area contributed by atoms with Gasteiger partial charge in [-0.25, -0.2) is 9.07 Å². The zero-order valence-corrected chi connectivity index (χ0v) is 19.3. The number of benzene rings is 2. The van der Waals surface area contributed by atoms with Crippen molar-refractivity contribution in [3.63, 3.8) is 0 Å². The average molecular weight is 461 g/mol. The van der Waals surface area contributed by atoms with Crippen LogP contribution in [0.15, 0.2) is 42.5 Å². The first kappa shape index (κ1) is 22.0. The predicted molar refractivity (Wildman–Crippen MR) is 124 cm³/mol. The first-order valence-corrected chi connectivity index (χ1v) is 11.2. The van der Waals surface area contributed by atoms with Gasteiger partial charge in [0.1, 0.15) is 11.6 Å². The van der Waals surface area contributed by atoms with Gasteiger partial charge in [-0.1, -0.05) is 11.6 Å². The van der Waals surface area contributed by atoms with Gasteiger partial charge in [-0.05, 0) is 93.5 Å². The van der Waals surface area contributed by atoms with Gasteiger partial charge in [-0.15, -0.1) is 0 Å². The fourth-order valence-electron chi connectivity index (χ4n) is 3.73. The molecule has 4 rings (SSSR count). The van der Waals surface area contributed by atoms with E-state index in [0.717, 1.165) is 31.1 Å². The molecule has 3 aromatic rings. The van der Waals surface area contributed by atoms with E-state index in [1.807, 2.05) is 21.4 Å². The molecule has 0 unspecified atom stereocenters. The lowest BCUT2D eigenvalue weighted by molar-refractivity contribution is 0.306. The Morgan fingerprint density at radius 2 is 1.97 bits per heavy atom. The molecule has 0 saturated heterocycles. The summed E-state index contributed by atoms with van der Waals surface area (Å²) in [7, 11) is 3.72. The summed E-state index contributed by atoms with van der Waals surface area (Å²) in [5.74, 6) is 1.58. The molecule has 1 aromatic heterocycles. The van der Waals surface area contributed by atoms with Gasteiger partial charge in [-0.2, -0.15) is 5.10 Å². The van der Waals surface area contributed by atoms with E-state index in [4.69, 9.17) is 33.7 Å². The summed E-state index contributed by atoms with van der Waals surface area (Å²) in [4.78, 5) is 2.37. The van der Waals surface area contributed by atoms with E-state index in [-0.39, 0.29) is 5.82 Å². The van der Waals surface area contributed by atoms with Crippen LogP contribution in [0.25, 0.3) is 17.1 Å². The molecule has 0 bridgehead atoms. The van der Waals surface area contributed by atoms with Crippen LogP contribution in [0.3, 0.4) is 0 Å². The van der Waals surface area contributed by atoms with Crippen LogP contribution in [0, 0.1) is 16.5 Å². The van der Waals surface area contributed by atoms with Crippen molar-refractivity contribution in [1.29, 1.82) is 0 Å². The van der Waals surface area contributed by atoms with E-state index in [1.54, 1.807) is 25.3 Å². The summed E-state index contributed by atoms with van der Waals surface area (Å²) in [6.45, 7) is 2.81. The highest BCUT2D eigenvalue weighted by atomic mass is 35.5. The number of halogens is 2. The number of hydrogen-bond donors (Lipinski definition) is 0. The quantitative estimate of drug-likeness (QED) is 0.389. The Morgan fingerprint density at radius 1 is 1.23 bits per heavy atom. The van der Waals surface area contributed by atoms with Crippen LogP contribution in [-0.4, -0.2) is 46.5 Å². The highest BCUT2D eigenvalue weighted by Crippen LogP contribution is 2.32. The third-order valence-electron chi connectivity index (χ3n) is 5.50. The fourth-order valence-corrected chi connectivity index (χ4v) is 4.18. The first-order chi connectivity index (χ1) is 15.0. The van der Waals surface area contributed by atoms with Crippen molar-refractivity contribution in [1.82, 2.24) is 19.2 Å². The molecule has 2 aromatic carbocycles. The molecule has 0 aliphatic heterocycles. The highest BCUT2D eigenvalue weighted by molar-refractivity contribution is 7.71. The molecule has 1 saturated carbocycles. The van der Waals surface area contributed by atoms with E-state index < -0.39 is 0 Å². The smallest absolute Gasteiger partial charge is 0.202 e. The lowest BCUT2D eigenvalue weighted by Crippen LogP contribution is -2.23. The zero-order valence-electron chi connectivity index (χ0n) is 17.7. The molecule has 164 valence electrons. The highest BCUT2D eigenvalue weighted by Gasteiger charge is 2.23. The van der Waals surface area contributed by atoms with Crippen LogP contribution in [0.2, 0.25) is 5.02 Å². The van der Waals surface area contributed by atoms with Crippen LogP contribution in [0.5, 0.6) is 5.75 Å². The molecule has 1 aliphatic carbocycles. The molecule has 0 radical (unpaired) electrons. The van der Waals surface area contributed by atoms with Crippen molar-refractivity contribution in [2.45, 2.75) is 25.8 Å². The number of rotatable bonds is 9. The molecule has 31 heavy (non-hydrogen) atoms. The largest absolute Gasteiger partial charge is 0.496 e. The third-order valence-corrected chi connectivity index (χ3v) is 6.15. The van der Waals surface area contributed by atoms with E-state index in [1.165, 1.54) is 25.0 Å². The monoisotopic (exact) mass is 460 g/mol. The normalized spacial score (nSPS) is 13.7. The van der Waals surface area contributed by atoms with Gasteiger partial charge in [0, 0.05) is 18.1 Å². The summed E-state index contributed by atoms with van der Waals surface area (Å²) in [6.07, 6.45) is 3.62. The molecule has 8 heteroatoms. The predicted octanol–water partition coefficient (Wildman–Crippen LogP) is 5.60. The second-order valence-corrected chi connectivity index (χ2v) is 8.85. The molecule has 1 fully saturated rings. The zero-order chi connectivity index (χ0) is 22.0. The van der Waals surface area contributed by atoms with E-state index >= 15 is 0 Å². The van der Waals surface area contributed by atoms with Crippen molar-refractivity contribution < 1.29 is 9.13 Å². The second kappa shape index (κ2) is 9.51. The summed E-state index contributed by atoms with van der Waals surface area (Å²) in [6, 6.07) is 11.8. The Balaban J connectivity index is 1.69. The van der Waals surface area contributed by atoms with E-state index in [0.29, 0.717) is 33.5 Å². The minimum absolute atomic E-state index is 0.361. The van der Waals surface area contributed by atoms with Crippen molar-refractivity contribution in [3.8, 4) is 22.8 Å². The minimum atomic E-state index is -0.361. The Bertz CT molecular complexity index is 1110. The summed E-state index contributed by atoms with van der Waals surface area (Å²) < 4.78 is 23.8. The van der Waals surface area contributed by atoms with Gasteiger partial charge in [0.25, 0.3) is 0 Å². The maximum Gasteiger partial charge on any atom is 0.202 e. The van der Waals surface area contributed by atoms with Crippen LogP contribution in [0.4, 0.5) is 4.39 Å². The number of aryl methyl sites for hydroxylation is 1. The van der Waals surface area contributed by atoms with Crippen LogP contribution >= 0.6 is 23.8 Å². The molecule has 1 aliphatic rings. The molecule has 0 amide bonds. The van der Waals surface area contributed by atoms with E-state index in [9.17, 15) is 4.39 Å². The summed E-state index contributed by atoms with van der Waals surface area (Å²) in [5.41, 5.74) is 1.36. The number of methoxy groups -OCH3 is 1. The van der Waals surface area contributed by atoms with Gasteiger partial charge < -0.3 is 9.64 Å². The Morgan fingerprint density at radius 3 is 2.65 bits per heavy atom. The molecule has 0 N–H and O–H groups in total. The van der Waals surface area contributed by atoms with Crippen molar-refractivity contribution >= 4 is 23.8 Å². The SMILES string of the molecule is COc1ccc(F)cc1-c1nn(CCCN(C)CC2CC2)c(=S)n1-c1ccc(Cl)cc1. The maximum atomic E-state index is 14.1. The second-order valence-electron chi connectivity index (χ2n) is 8.04. The van der Waals surface area contributed by atoms with Crippen LogP contribution < -0.4 is 4.74 Å². The van der Waals surface area contributed by atoms with Crippen molar-refractivity contribution in [2.75, 3.05) is 27.2 Å². The van der Waals surface area contributed by atoms with Gasteiger partial charge in [0.2, 0.25) is 4.77 Å². The summed E-state index contributed by atoms with van der Waals surface area (Å²) in [5, 5.41) is 5.41. The Labute approximate surface area is 192 Å². The minimum Gasteiger partial charge on any atom is -0.496 e. The molecule has 1 heterocycles.